The van der Waals surface area contributed by atoms with Crippen LogP contribution in [0.1, 0.15) is 31.4 Å². The molecule has 0 heterocycles. The van der Waals surface area contributed by atoms with Crippen LogP contribution in [0.3, 0.4) is 0 Å². The minimum absolute atomic E-state index is 0.170. The molecule has 1 N–H and O–H groups in total. The molecule has 12 heavy (non-hydrogen) atoms. The van der Waals surface area contributed by atoms with Crippen molar-refractivity contribution in [2.45, 2.75) is 25.9 Å². The Kier molecular flexibility index (Phi) is 3.77. The molecule has 0 spiro atoms. The van der Waals surface area contributed by atoms with E-state index in [1.54, 1.807) is 0 Å². The Morgan fingerprint density at radius 2 is 2.00 bits per heavy atom. The summed E-state index contributed by atoms with van der Waals surface area (Å²) in [5.41, 5.74) is 1.03. The molecule has 0 amide bonds. The fraction of sp³-hybridized carbons (Fsp3) is 0.400. The van der Waals surface area contributed by atoms with E-state index in [0.717, 1.165) is 18.4 Å². The van der Waals surface area contributed by atoms with E-state index in [1.165, 1.54) is 0 Å². The highest BCUT2D eigenvalue weighted by molar-refractivity contribution is 5.17. The van der Waals surface area contributed by atoms with Crippen molar-refractivity contribution in [1.82, 2.24) is 0 Å². The first-order valence-corrected chi connectivity index (χ1v) is 4.23. The summed E-state index contributed by atoms with van der Waals surface area (Å²) in [6, 6.07) is 9.74. The van der Waals surface area contributed by atoms with Gasteiger partial charge in [-0.1, -0.05) is 43.7 Å². The van der Waals surface area contributed by atoms with Gasteiger partial charge in [-0.05, 0) is 12.0 Å². The summed E-state index contributed by atoms with van der Waals surface area (Å²) >= 11 is 0. The van der Waals surface area contributed by atoms with E-state index < -0.39 is 0 Å². The molecule has 0 aliphatic rings. The second-order valence-electron chi connectivity index (χ2n) is 2.79. The van der Waals surface area contributed by atoms with Crippen molar-refractivity contribution in [3.05, 3.63) is 35.9 Å². The Balaban J connectivity index is 2.66. The highest BCUT2D eigenvalue weighted by atomic mass is 17.1. The van der Waals surface area contributed by atoms with Crippen LogP contribution in [0.5, 0.6) is 0 Å². The largest absolute Gasteiger partial charge is 0.251 e. The topological polar surface area (TPSA) is 29.5 Å². The zero-order valence-corrected chi connectivity index (χ0v) is 7.23. The van der Waals surface area contributed by atoms with Crippen molar-refractivity contribution in [3.63, 3.8) is 0 Å². The summed E-state index contributed by atoms with van der Waals surface area (Å²) in [6.07, 6.45) is 1.68. The van der Waals surface area contributed by atoms with Crippen LogP contribution in [0.4, 0.5) is 0 Å². The molecule has 1 aromatic rings. The molecule has 1 rings (SSSR count). The molecule has 1 atom stereocenters. The lowest BCUT2D eigenvalue weighted by atomic mass is 10.1. The zero-order valence-electron chi connectivity index (χ0n) is 7.23. The fourth-order valence-electron chi connectivity index (χ4n) is 1.21. The molecule has 0 saturated carbocycles. The van der Waals surface area contributed by atoms with Crippen LogP contribution < -0.4 is 0 Å². The monoisotopic (exact) mass is 166 g/mol. The highest BCUT2D eigenvalue weighted by Gasteiger charge is 2.09. The van der Waals surface area contributed by atoms with E-state index in [9.17, 15) is 0 Å². The van der Waals surface area contributed by atoms with Gasteiger partial charge in [0.1, 0.15) is 6.10 Å². The highest BCUT2D eigenvalue weighted by Crippen LogP contribution is 2.20. The van der Waals surface area contributed by atoms with Gasteiger partial charge in [-0.2, -0.15) is 0 Å². The number of hydrogen-bond acceptors (Lipinski definition) is 2. The molecule has 0 fully saturated rings. The maximum Gasteiger partial charge on any atom is 0.118 e. The van der Waals surface area contributed by atoms with E-state index in [1.807, 2.05) is 30.3 Å². The van der Waals surface area contributed by atoms with Gasteiger partial charge in [-0.3, -0.25) is 5.26 Å². The molecule has 0 radical (unpaired) electrons. The normalized spacial score (nSPS) is 12.8. The molecule has 0 aliphatic heterocycles. The van der Waals surface area contributed by atoms with Crippen molar-refractivity contribution < 1.29 is 10.1 Å². The second kappa shape index (κ2) is 4.91. The lowest BCUT2D eigenvalue weighted by molar-refractivity contribution is -0.283. The van der Waals surface area contributed by atoms with Gasteiger partial charge >= 0.3 is 0 Å². The van der Waals surface area contributed by atoms with E-state index in [2.05, 4.69) is 11.8 Å². The molecule has 0 bridgehead atoms. The van der Waals surface area contributed by atoms with Gasteiger partial charge < -0.3 is 0 Å². The molecule has 0 saturated heterocycles. The summed E-state index contributed by atoms with van der Waals surface area (Å²) in [4.78, 5) is 4.38. The van der Waals surface area contributed by atoms with Gasteiger partial charge in [0, 0.05) is 0 Å². The van der Waals surface area contributed by atoms with Crippen LogP contribution in [0.15, 0.2) is 30.3 Å². The zero-order chi connectivity index (χ0) is 8.81. The summed E-state index contributed by atoms with van der Waals surface area (Å²) < 4.78 is 0. The van der Waals surface area contributed by atoms with Gasteiger partial charge in [-0.15, -0.1) is 0 Å². The summed E-state index contributed by atoms with van der Waals surface area (Å²) in [5.74, 6) is 0. The Labute approximate surface area is 72.7 Å². The minimum atomic E-state index is -0.170. The third-order valence-corrected chi connectivity index (χ3v) is 1.85. The van der Waals surface area contributed by atoms with Gasteiger partial charge in [0.05, 0.1) is 0 Å². The molecule has 0 aliphatic carbocycles. The fourth-order valence-corrected chi connectivity index (χ4v) is 1.21. The molecule has 2 heteroatoms. The van der Waals surface area contributed by atoms with Crippen LogP contribution in [0, 0.1) is 0 Å². The first-order chi connectivity index (χ1) is 5.88. The third kappa shape index (κ3) is 2.32. The van der Waals surface area contributed by atoms with Crippen molar-refractivity contribution in [1.29, 1.82) is 0 Å². The Bertz CT molecular complexity index is 208. The van der Waals surface area contributed by atoms with Crippen LogP contribution in [-0.2, 0) is 4.89 Å². The van der Waals surface area contributed by atoms with E-state index in [0.29, 0.717) is 0 Å². The second-order valence-corrected chi connectivity index (χ2v) is 2.79. The number of hydrogen-bond donors (Lipinski definition) is 1. The van der Waals surface area contributed by atoms with Gasteiger partial charge in [0.2, 0.25) is 0 Å². The van der Waals surface area contributed by atoms with Crippen molar-refractivity contribution in [3.8, 4) is 0 Å². The average Bonchev–Trinajstić information content (AvgIpc) is 2.15. The maximum absolute atomic E-state index is 8.61. The van der Waals surface area contributed by atoms with Crippen molar-refractivity contribution >= 4 is 0 Å². The molecule has 2 nitrogen and oxygen atoms in total. The maximum atomic E-state index is 8.61. The van der Waals surface area contributed by atoms with Crippen LogP contribution in [0.25, 0.3) is 0 Å². The summed E-state index contributed by atoms with van der Waals surface area (Å²) in [5, 5.41) is 8.61. The van der Waals surface area contributed by atoms with Gasteiger partial charge in [0.25, 0.3) is 0 Å². The summed E-state index contributed by atoms with van der Waals surface area (Å²) in [6.45, 7) is 2.06. The third-order valence-electron chi connectivity index (χ3n) is 1.85. The first kappa shape index (κ1) is 9.23. The van der Waals surface area contributed by atoms with Crippen LogP contribution in [-0.4, -0.2) is 5.26 Å². The number of benzene rings is 1. The van der Waals surface area contributed by atoms with E-state index in [4.69, 9.17) is 5.26 Å². The smallest absolute Gasteiger partial charge is 0.118 e. The van der Waals surface area contributed by atoms with E-state index >= 15 is 0 Å². The van der Waals surface area contributed by atoms with Crippen molar-refractivity contribution in [2.75, 3.05) is 0 Å². The average molecular weight is 166 g/mol. The molecular weight excluding hydrogens is 152 g/mol. The standard InChI is InChI=1S/C10H14O2/c1-2-6-10(12-11)9-7-4-3-5-8-9/h3-5,7-8,10-11H,2,6H2,1H3/t10-/m0/s1. The molecule has 66 valence electrons. The predicted octanol–water partition coefficient (Wildman–Crippen LogP) is 3.02. The van der Waals surface area contributed by atoms with Crippen LogP contribution >= 0.6 is 0 Å². The number of rotatable bonds is 4. The SMILES string of the molecule is CCC[C@H](OO)c1ccccc1. The van der Waals surface area contributed by atoms with Gasteiger partial charge in [0.15, 0.2) is 0 Å². The molecule has 0 aromatic heterocycles. The van der Waals surface area contributed by atoms with Gasteiger partial charge in [-0.25, -0.2) is 4.89 Å². The lowest BCUT2D eigenvalue weighted by Crippen LogP contribution is -2.00. The Morgan fingerprint density at radius 1 is 1.33 bits per heavy atom. The van der Waals surface area contributed by atoms with Crippen LogP contribution in [0.2, 0.25) is 0 Å². The lowest BCUT2D eigenvalue weighted by Gasteiger charge is -2.11. The molecule has 1 aromatic carbocycles. The minimum Gasteiger partial charge on any atom is -0.251 e. The summed E-state index contributed by atoms with van der Waals surface area (Å²) in [7, 11) is 0. The first-order valence-electron chi connectivity index (χ1n) is 4.23. The molecular formula is C10H14O2. The van der Waals surface area contributed by atoms with Crippen molar-refractivity contribution in [2.24, 2.45) is 0 Å². The Hall–Kier alpha value is -0.860. The molecule has 0 unspecified atom stereocenters. The quantitative estimate of drug-likeness (QED) is 0.550. The Morgan fingerprint density at radius 3 is 2.50 bits per heavy atom. The van der Waals surface area contributed by atoms with E-state index in [-0.39, 0.29) is 6.10 Å². The predicted molar refractivity (Wildman–Crippen MR) is 47.8 cm³/mol.